The highest BCUT2D eigenvalue weighted by Crippen LogP contribution is 2.55. The van der Waals surface area contributed by atoms with E-state index in [0.29, 0.717) is 18.0 Å². The van der Waals surface area contributed by atoms with Gasteiger partial charge in [-0.15, -0.1) is 0 Å². The topological polar surface area (TPSA) is 35.6 Å². The minimum atomic E-state index is -0.185. The average molecular weight is 390 g/mol. The van der Waals surface area contributed by atoms with Gasteiger partial charge in [0.2, 0.25) is 0 Å². The van der Waals surface area contributed by atoms with Crippen LogP contribution in [0.5, 0.6) is 0 Å². The number of carbonyl (C=O) groups excluding carboxylic acids is 1. The largest absolute Gasteiger partial charge is 0.335 e. The molecule has 2 saturated heterocycles. The highest BCUT2D eigenvalue weighted by Gasteiger charge is 2.54. The lowest BCUT2D eigenvalue weighted by molar-refractivity contribution is -0.123. The number of hydrogen-bond donors (Lipinski definition) is 1. The summed E-state index contributed by atoms with van der Waals surface area (Å²) < 4.78 is 13.4. The van der Waals surface area contributed by atoms with Crippen LogP contribution >= 0.6 is 0 Å². The monoisotopic (exact) mass is 389 g/mol. The maximum atomic E-state index is 13.4. The van der Waals surface area contributed by atoms with Crippen LogP contribution in [0.25, 0.3) is 0 Å². The molecule has 1 N–H and O–H groups in total. The Morgan fingerprint density at radius 3 is 2.32 bits per heavy atom. The summed E-state index contributed by atoms with van der Waals surface area (Å²) in [6, 6.07) is 8.04. The first kappa shape index (κ1) is 21.1. The van der Waals surface area contributed by atoms with E-state index in [4.69, 9.17) is 0 Å². The summed E-state index contributed by atoms with van der Waals surface area (Å²) in [5.41, 5.74) is 1.39. The van der Waals surface area contributed by atoms with E-state index >= 15 is 0 Å². The van der Waals surface area contributed by atoms with Crippen molar-refractivity contribution in [2.75, 3.05) is 19.6 Å². The fourth-order valence-electron chi connectivity index (χ4n) is 4.82. The lowest BCUT2D eigenvalue weighted by Crippen LogP contribution is -2.64. The van der Waals surface area contributed by atoms with Crippen LogP contribution in [0.15, 0.2) is 24.3 Å². The van der Waals surface area contributed by atoms with Crippen LogP contribution in [0.4, 0.5) is 9.18 Å². The molecular formula is C23H36FN3O. The van der Waals surface area contributed by atoms with E-state index in [1.807, 2.05) is 17.0 Å². The fraction of sp³-hybridized carbons (Fsp3) is 0.696. The Labute approximate surface area is 169 Å². The highest BCUT2D eigenvalue weighted by atomic mass is 19.1. The zero-order chi connectivity index (χ0) is 20.5. The Morgan fingerprint density at radius 1 is 1.18 bits per heavy atom. The molecule has 4 nitrogen and oxygen atoms in total. The molecule has 2 aliphatic heterocycles. The van der Waals surface area contributed by atoms with Crippen LogP contribution in [0.3, 0.4) is 0 Å². The highest BCUT2D eigenvalue weighted by molar-refractivity contribution is 5.74. The first-order valence-electron chi connectivity index (χ1n) is 10.8. The number of likely N-dealkylation sites (tertiary alicyclic amines) is 2. The molecule has 2 amide bonds. The van der Waals surface area contributed by atoms with Gasteiger partial charge in [0.1, 0.15) is 5.82 Å². The van der Waals surface area contributed by atoms with Crippen molar-refractivity contribution in [3.63, 3.8) is 0 Å². The molecule has 0 radical (unpaired) electrons. The SMILES string of the molecule is CC[C@H](C)[C@@H](C)NC(=O)N1CCC2(CC1)CN(C(C)C)C2c1ccc(F)cc1. The van der Waals surface area contributed by atoms with Gasteiger partial charge in [-0.2, -0.15) is 0 Å². The number of benzene rings is 1. The number of nitrogens with one attached hydrogen (secondary N) is 1. The molecule has 0 aromatic heterocycles. The van der Waals surface area contributed by atoms with Crippen LogP contribution < -0.4 is 5.32 Å². The molecule has 2 aliphatic rings. The third kappa shape index (κ3) is 4.05. The molecule has 1 aromatic carbocycles. The maximum absolute atomic E-state index is 13.4. The molecule has 3 atom stereocenters. The van der Waals surface area contributed by atoms with E-state index in [-0.39, 0.29) is 23.3 Å². The van der Waals surface area contributed by atoms with E-state index in [1.54, 1.807) is 12.1 Å². The van der Waals surface area contributed by atoms with E-state index in [0.717, 1.165) is 38.9 Å². The minimum Gasteiger partial charge on any atom is -0.335 e. The smallest absolute Gasteiger partial charge is 0.317 e. The van der Waals surface area contributed by atoms with Gasteiger partial charge in [-0.05, 0) is 57.2 Å². The minimum absolute atomic E-state index is 0.0704. The molecule has 28 heavy (non-hydrogen) atoms. The lowest BCUT2D eigenvalue weighted by atomic mass is 9.62. The summed E-state index contributed by atoms with van der Waals surface area (Å²) in [4.78, 5) is 17.2. The Bertz CT molecular complexity index is 667. The van der Waals surface area contributed by atoms with Gasteiger partial charge in [0, 0.05) is 43.2 Å². The van der Waals surface area contributed by atoms with E-state index < -0.39 is 0 Å². The number of urea groups is 1. The summed E-state index contributed by atoms with van der Waals surface area (Å²) in [5.74, 6) is 0.296. The Hall–Kier alpha value is -1.62. The number of rotatable bonds is 5. The van der Waals surface area contributed by atoms with Crippen molar-refractivity contribution in [2.24, 2.45) is 11.3 Å². The van der Waals surface area contributed by atoms with Gasteiger partial charge in [-0.3, -0.25) is 4.90 Å². The Morgan fingerprint density at radius 2 is 1.79 bits per heavy atom. The summed E-state index contributed by atoms with van der Waals surface area (Å²) in [5, 5.41) is 3.17. The van der Waals surface area contributed by atoms with Crippen LogP contribution in [0.2, 0.25) is 0 Å². The van der Waals surface area contributed by atoms with E-state index in [1.165, 1.54) is 5.56 Å². The molecule has 5 heteroatoms. The summed E-state index contributed by atoms with van der Waals surface area (Å²) >= 11 is 0. The van der Waals surface area contributed by atoms with Gasteiger partial charge in [-0.25, -0.2) is 9.18 Å². The number of carbonyl (C=O) groups is 1. The zero-order valence-electron chi connectivity index (χ0n) is 18.0. The van der Waals surface area contributed by atoms with E-state index in [2.05, 4.69) is 44.8 Å². The van der Waals surface area contributed by atoms with Crippen molar-refractivity contribution in [1.29, 1.82) is 0 Å². The Kier molecular flexibility index (Phi) is 6.33. The molecule has 0 saturated carbocycles. The van der Waals surface area contributed by atoms with Crippen LogP contribution in [-0.4, -0.2) is 47.5 Å². The third-order valence-electron chi connectivity index (χ3n) is 7.15. The van der Waals surface area contributed by atoms with Crippen molar-refractivity contribution in [1.82, 2.24) is 15.1 Å². The van der Waals surface area contributed by atoms with Crippen LogP contribution in [0.1, 0.15) is 65.5 Å². The summed E-state index contributed by atoms with van der Waals surface area (Å²) in [6.45, 7) is 13.5. The van der Waals surface area contributed by atoms with Crippen molar-refractivity contribution in [2.45, 2.75) is 72.0 Å². The third-order valence-corrected chi connectivity index (χ3v) is 7.15. The molecule has 2 heterocycles. The number of nitrogens with zero attached hydrogens (tertiary/aromatic N) is 2. The lowest BCUT2D eigenvalue weighted by Gasteiger charge is -2.62. The van der Waals surface area contributed by atoms with Gasteiger partial charge in [0.05, 0.1) is 0 Å². The number of piperidine rings is 1. The second-order valence-corrected chi connectivity index (χ2v) is 9.19. The second-order valence-electron chi connectivity index (χ2n) is 9.19. The van der Waals surface area contributed by atoms with Gasteiger partial charge >= 0.3 is 6.03 Å². The number of amides is 2. The maximum Gasteiger partial charge on any atom is 0.317 e. The van der Waals surface area contributed by atoms with Gasteiger partial charge < -0.3 is 10.2 Å². The molecule has 2 fully saturated rings. The molecule has 0 bridgehead atoms. The predicted octanol–water partition coefficient (Wildman–Crippen LogP) is 4.82. The van der Waals surface area contributed by atoms with E-state index in [9.17, 15) is 9.18 Å². The first-order chi connectivity index (χ1) is 13.3. The molecule has 3 rings (SSSR count). The fourth-order valence-corrected chi connectivity index (χ4v) is 4.82. The molecule has 0 aliphatic carbocycles. The molecule has 1 unspecified atom stereocenters. The zero-order valence-corrected chi connectivity index (χ0v) is 18.0. The number of hydrogen-bond acceptors (Lipinski definition) is 2. The van der Waals surface area contributed by atoms with Crippen molar-refractivity contribution < 1.29 is 9.18 Å². The molecule has 156 valence electrons. The van der Waals surface area contributed by atoms with Crippen LogP contribution in [0, 0.1) is 17.2 Å². The van der Waals surface area contributed by atoms with Gasteiger partial charge in [-0.1, -0.05) is 32.4 Å². The summed E-state index contributed by atoms with van der Waals surface area (Å²) in [7, 11) is 0. The predicted molar refractivity (Wildman–Crippen MR) is 112 cm³/mol. The van der Waals surface area contributed by atoms with Crippen molar-refractivity contribution >= 4 is 6.03 Å². The Balaban J connectivity index is 1.66. The molecule has 1 spiro atoms. The summed E-state index contributed by atoms with van der Waals surface area (Å²) in [6.07, 6.45) is 3.07. The first-order valence-corrected chi connectivity index (χ1v) is 10.8. The molecular weight excluding hydrogens is 353 g/mol. The van der Waals surface area contributed by atoms with Crippen molar-refractivity contribution in [3.05, 3.63) is 35.6 Å². The normalized spacial score (nSPS) is 24.1. The van der Waals surface area contributed by atoms with Crippen LogP contribution in [-0.2, 0) is 0 Å². The van der Waals surface area contributed by atoms with Gasteiger partial charge in [0.15, 0.2) is 0 Å². The van der Waals surface area contributed by atoms with Gasteiger partial charge in [0.25, 0.3) is 0 Å². The standard InChI is InChI=1S/C23H36FN3O/c1-6-17(4)18(5)25-22(28)26-13-11-23(12-14-26)15-27(16(2)3)21(23)19-7-9-20(24)10-8-19/h7-10,16-18,21H,6,11-15H2,1-5H3,(H,25,28)/t17-,18+,21?/m0/s1. The second kappa shape index (κ2) is 8.40. The quantitative estimate of drug-likeness (QED) is 0.784. The average Bonchev–Trinajstić information content (AvgIpc) is 2.67. The van der Waals surface area contributed by atoms with Crippen molar-refractivity contribution in [3.8, 4) is 0 Å². The molecule has 1 aromatic rings. The number of halogens is 1.